The number of hydrogen-bond acceptors (Lipinski definition) is 5. The van der Waals surface area contributed by atoms with E-state index in [1.165, 1.54) is 4.88 Å². The summed E-state index contributed by atoms with van der Waals surface area (Å²) in [7, 11) is 0. The predicted molar refractivity (Wildman–Crippen MR) is 73.8 cm³/mol. The molecule has 2 aromatic heterocycles. The van der Waals surface area contributed by atoms with Gasteiger partial charge >= 0.3 is 0 Å². The van der Waals surface area contributed by atoms with E-state index in [9.17, 15) is 0 Å². The van der Waals surface area contributed by atoms with Crippen molar-refractivity contribution in [3.63, 3.8) is 0 Å². The third-order valence-corrected chi connectivity index (χ3v) is 3.74. The molecule has 0 aromatic carbocycles. The Morgan fingerprint density at radius 1 is 1.28 bits per heavy atom. The molecule has 0 aliphatic carbocycles. The Hall–Kier alpha value is -0.910. The number of ether oxygens (including phenoxy) is 2. The highest BCUT2D eigenvalue weighted by Gasteiger charge is 2.11. The summed E-state index contributed by atoms with van der Waals surface area (Å²) in [5.74, 6) is 0.542. The summed E-state index contributed by atoms with van der Waals surface area (Å²) >= 11 is 7.51. The zero-order valence-corrected chi connectivity index (χ0v) is 12.0. The molecule has 18 heavy (non-hydrogen) atoms. The molecule has 0 aliphatic heterocycles. The number of aryl methyl sites for hydroxylation is 1. The molecule has 0 N–H and O–H groups in total. The van der Waals surface area contributed by atoms with Crippen LogP contribution in [0, 0.1) is 0 Å². The second-order valence-corrected chi connectivity index (χ2v) is 5.08. The first-order valence-corrected chi connectivity index (χ1v) is 7.10. The molecule has 0 radical (unpaired) electrons. The molecule has 0 atom stereocenters. The molecule has 0 aliphatic rings. The fourth-order valence-electron chi connectivity index (χ4n) is 1.55. The molecule has 0 amide bonds. The lowest BCUT2D eigenvalue weighted by molar-refractivity contribution is 0.109. The van der Waals surface area contributed by atoms with Gasteiger partial charge in [0.2, 0.25) is 11.2 Å². The lowest BCUT2D eigenvalue weighted by Gasteiger charge is -2.06. The molecule has 0 fully saturated rings. The van der Waals surface area contributed by atoms with Crippen molar-refractivity contribution in [3.05, 3.63) is 16.2 Å². The first kappa shape index (κ1) is 13.5. The van der Waals surface area contributed by atoms with Crippen LogP contribution >= 0.6 is 22.9 Å². The van der Waals surface area contributed by atoms with Crippen molar-refractivity contribution in [2.75, 3.05) is 19.8 Å². The maximum Gasteiger partial charge on any atom is 0.227 e. The van der Waals surface area contributed by atoms with Gasteiger partial charge in [-0.2, -0.15) is 4.98 Å². The molecule has 0 bridgehead atoms. The average Bonchev–Trinajstić information content (AvgIpc) is 2.77. The largest absolute Gasteiger partial charge is 0.475 e. The fraction of sp³-hybridized carbons (Fsp3) is 0.500. The van der Waals surface area contributed by atoms with E-state index >= 15 is 0 Å². The zero-order chi connectivity index (χ0) is 13.0. The highest BCUT2D eigenvalue weighted by molar-refractivity contribution is 7.18. The van der Waals surface area contributed by atoms with Crippen LogP contribution in [0.3, 0.4) is 0 Å². The number of fused-ring (bicyclic) bond motifs is 1. The van der Waals surface area contributed by atoms with Gasteiger partial charge in [0.1, 0.15) is 11.4 Å². The highest BCUT2D eigenvalue weighted by atomic mass is 35.5. The van der Waals surface area contributed by atoms with E-state index in [1.807, 2.05) is 6.92 Å². The first-order valence-electron chi connectivity index (χ1n) is 5.91. The minimum atomic E-state index is 0.221. The molecular weight excluding hydrogens is 272 g/mol. The predicted octanol–water partition coefficient (Wildman–Crippen LogP) is 3.32. The van der Waals surface area contributed by atoms with Crippen molar-refractivity contribution in [2.24, 2.45) is 0 Å². The van der Waals surface area contributed by atoms with E-state index in [-0.39, 0.29) is 5.28 Å². The van der Waals surface area contributed by atoms with Crippen molar-refractivity contribution < 1.29 is 9.47 Å². The van der Waals surface area contributed by atoms with E-state index in [1.54, 1.807) is 11.3 Å². The Kier molecular flexibility index (Phi) is 4.74. The Labute approximate surface area is 115 Å². The van der Waals surface area contributed by atoms with Gasteiger partial charge in [0, 0.05) is 11.5 Å². The van der Waals surface area contributed by atoms with Crippen molar-refractivity contribution in [1.29, 1.82) is 0 Å². The molecule has 2 aromatic rings. The Bertz CT molecular complexity index is 530. The van der Waals surface area contributed by atoms with E-state index in [4.69, 9.17) is 21.1 Å². The summed E-state index contributed by atoms with van der Waals surface area (Å²) in [6, 6.07) is 2.06. The zero-order valence-electron chi connectivity index (χ0n) is 10.4. The molecule has 0 saturated heterocycles. The van der Waals surface area contributed by atoms with Crippen molar-refractivity contribution in [3.8, 4) is 5.88 Å². The summed E-state index contributed by atoms with van der Waals surface area (Å²) in [6.45, 7) is 5.75. The van der Waals surface area contributed by atoms with E-state index < -0.39 is 0 Å². The number of thiophene rings is 1. The van der Waals surface area contributed by atoms with Gasteiger partial charge in [0.25, 0.3) is 0 Å². The molecule has 4 nitrogen and oxygen atoms in total. The minimum absolute atomic E-state index is 0.221. The van der Waals surface area contributed by atoms with Gasteiger partial charge in [-0.1, -0.05) is 6.92 Å². The quantitative estimate of drug-likeness (QED) is 0.603. The number of halogens is 1. The van der Waals surface area contributed by atoms with Gasteiger partial charge in [-0.3, -0.25) is 0 Å². The molecular formula is C12H15ClN2O2S. The van der Waals surface area contributed by atoms with Crippen LogP contribution in [0.15, 0.2) is 6.07 Å². The summed E-state index contributed by atoms with van der Waals surface area (Å²) in [4.78, 5) is 10.5. The van der Waals surface area contributed by atoms with E-state index in [0.29, 0.717) is 25.7 Å². The van der Waals surface area contributed by atoms with Gasteiger partial charge in [0.05, 0.1) is 12.0 Å². The SMILES string of the molecule is CCOCCOc1nc(Cl)nc2sc(CC)cc12. The molecule has 0 unspecified atom stereocenters. The standard InChI is InChI=1S/C12H15ClN2O2S/c1-3-8-7-9-10(17-6-5-16-4-2)14-12(13)15-11(9)18-8/h7H,3-6H2,1-2H3. The number of rotatable bonds is 6. The van der Waals surface area contributed by atoms with Crippen LogP contribution in [0.4, 0.5) is 0 Å². The Morgan fingerprint density at radius 3 is 2.83 bits per heavy atom. The average molecular weight is 287 g/mol. The lowest BCUT2D eigenvalue weighted by atomic mass is 10.3. The van der Waals surface area contributed by atoms with Gasteiger partial charge in [-0.15, -0.1) is 11.3 Å². The number of hydrogen-bond donors (Lipinski definition) is 0. The third kappa shape index (κ3) is 3.10. The number of aromatic nitrogens is 2. The third-order valence-electron chi connectivity index (χ3n) is 2.40. The summed E-state index contributed by atoms with van der Waals surface area (Å²) in [5.41, 5.74) is 0. The monoisotopic (exact) mass is 286 g/mol. The summed E-state index contributed by atoms with van der Waals surface area (Å²) in [6.07, 6.45) is 0.969. The smallest absolute Gasteiger partial charge is 0.227 e. The van der Waals surface area contributed by atoms with Crippen LogP contribution in [0.5, 0.6) is 5.88 Å². The van der Waals surface area contributed by atoms with E-state index in [0.717, 1.165) is 16.6 Å². The first-order chi connectivity index (χ1) is 8.74. The van der Waals surface area contributed by atoms with Crippen molar-refractivity contribution in [2.45, 2.75) is 20.3 Å². The second-order valence-electron chi connectivity index (χ2n) is 3.63. The van der Waals surface area contributed by atoms with Crippen LogP contribution < -0.4 is 4.74 Å². The Morgan fingerprint density at radius 2 is 2.11 bits per heavy atom. The van der Waals surface area contributed by atoms with Crippen molar-refractivity contribution in [1.82, 2.24) is 9.97 Å². The normalized spacial score (nSPS) is 11.1. The minimum Gasteiger partial charge on any atom is -0.475 e. The van der Waals surface area contributed by atoms with Crippen LogP contribution in [0.2, 0.25) is 5.28 Å². The molecule has 2 rings (SSSR count). The maximum atomic E-state index is 5.89. The van der Waals surface area contributed by atoms with Crippen LogP contribution in [0.25, 0.3) is 10.2 Å². The van der Waals surface area contributed by atoms with Crippen LogP contribution in [-0.4, -0.2) is 29.8 Å². The van der Waals surface area contributed by atoms with Gasteiger partial charge in [-0.25, -0.2) is 4.98 Å². The number of nitrogens with zero attached hydrogens (tertiary/aromatic N) is 2. The Balaban J connectivity index is 2.21. The van der Waals surface area contributed by atoms with Gasteiger partial charge in [0.15, 0.2) is 0 Å². The maximum absolute atomic E-state index is 5.89. The molecule has 0 saturated carbocycles. The summed E-state index contributed by atoms with van der Waals surface area (Å²) < 4.78 is 10.8. The molecule has 2 heterocycles. The van der Waals surface area contributed by atoms with Crippen LogP contribution in [-0.2, 0) is 11.2 Å². The van der Waals surface area contributed by atoms with Crippen LogP contribution in [0.1, 0.15) is 18.7 Å². The van der Waals surface area contributed by atoms with E-state index in [2.05, 4.69) is 23.0 Å². The fourth-order valence-corrected chi connectivity index (χ4v) is 2.72. The second kappa shape index (κ2) is 6.31. The molecule has 0 spiro atoms. The van der Waals surface area contributed by atoms with Gasteiger partial charge in [-0.05, 0) is 31.0 Å². The summed E-state index contributed by atoms with van der Waals surface area (Å²) in [5, 5.41) is 1.15. The molecule has 98 valence electrons. The van der Waals surface area contributed by atoms with Crippen molar-refractivity contribution >= 4 is 33.2 Å². The highest BCUT2D eigenvalue weighted by Crippen LogP contribution is 2.31. The topological polar surface area (TPSA) is 44.2 Å². The lowest BCUT2D eigenvalue weighted by Crippen LogP contribution is -2.07. The molecule has 6 heteroatoms. The van der Waals surface area contributed by atoms with Gasteiger partial charge < -0.3 is 9.47 Å².